The van der Waals surface area contributed by atoms with E-state index in [1.807, 2.05) is 0 Å². The SMILES string of the molecule is Cl.NCCCCNC(=O)CCCc1ccc2c(c1)-c1ccccc1C2. The van der Waals surface area contributed by atoms with Crippen molar-refractivity contribution in [2.45, 2.75) is 38.5 Å². The van der Waals surface area contributed by atoms with Crippen LogP contribution in [0, 0.1) is 0 Å². The fourth-order valence-electron chi connectivity index (χ4n) is 3.36. The van der Waals surface area contributed by atoms with E-state index < -0.39 is 0 Å². The van der Waals surface area contributed by atoms with Gasteiger partial charge in [-0.15, -0.1) is 12.4 Å². The van der Waals surface area contributed by atoms with Crippen LogP contribution in [0.3, 0.4) is 0 Å². The monoisotopic (exact) mass is 358 g/mol. The van der Waals surface area contributed by atoms with Gasteiger partial charge in [-0.2, -0.15) is 0 Å². The molecule has 3 rings (SSSR count). The number of unbranched alkanes of at least 4 members (excludes halogenated alkanes) is 1. The van der Waals surface area contributed by atoms with E-state index in [1.54, 1.807) is 0 Å². The second kappa shape index (κ2) is 9.59. The fraction of sp³-hybridized carbons (Fsp3) is 0.381. The van der Waals surface area contributed by atoms with Crippen molar-refractivity contribution in [3.8, 4) is 11.1 Å². The number of amides is 1. The average Bonchev–Trinajstić information content (AvgIpc) is 2.97. The number of hydrogen-bond acceptors (Lipinski definition) is 2. The first-order valence-corrected chi connectivity index (χ1v) is 8.95. The Morgan fingerprint density at radius 1 is 1.00 bits per heavy atom. The van der Waals surface area contributed by atoms with Gasteiger partial charge in [0.2, 0.25) is 5.91 Å². The second-order valence-corrected chi connectivity index (χ2v) is 6.52. The van der Waals surface area contributed by atoms with Crippen molar-refractivity contribution in [3.05, 3.63) is 59.2 Å². The van der Waals surface area contributed by atoms with Crippen LogP contribution in [0.15, 0.2) is 42.5 Å². The summed E-state index contributed by atoms with van der Waals surface area (Å²) in [6.45, 7) is 1.43. The number of nitrogens with two attached hydrogens (primary N) is 1. The summed E-state index contributed by atoms with van der Waals surface area (Å²) in [6.07, 6.45) is 5.41. The smallest absolute Gasteiger partial charge is 0.220 e. The number of aryl methyl sites for hydroxylation is 1. The average molecular weight is 359 g/mol. The van der Waals surface area contributed by atoms with Crippen LogP contribution in [0.1, 0.15) is 42.4 Å². The Kier molecular flexibility index (Phi) is 7.48. The zero-order valence-corrected chi connectivity index (χ0v) is 15.4. The summed E-state index contributed by atoms with van der Waals surface area (Å²) in [5.41, 5.74) is 12.3. The molecule has 0 aliphatic heterocycles. The molecule has 3 nitrogen and oxygen atoms in total. The highest BCUT2D eigenvalue weighted by atomic mass is 35.5. The topological polar surface area (TPSA) is 55.1 Å². The molecule has 0 unspecified atom stereocenters. The summed E-state index contributed by atoms with van der Waals surface area (Å²) in [5, 5.41) is 2.96. The maximum Gasteiger partial charge on any atom is 0.220 e. The summed E-state index contributed by atoms with van der Waals surface area (Å²) in [6, 6.07) is 15.4. The highest BCUT2D eigenvalue weighted by molar-refractivity contribution is 5.85. The summed E-state index contributed by atoms with van der Waals surface area (Å²) in [7, 11) is 0. The van der Waals surface area contributed by atoms with Crippen LogP contribution in [0.2, 0.25) is 0 Å². The Morgan fingerprint density at radius 2 is 1.80 bits per heavy atom. The van der Waals surface area contributed by atoms with Gasteiger partial charge in [-0.05, 0) is 66.5 Å². The van der Waals surface area contributed by atoms with Gasteiger partial charge in [-0.3, -0.25) is 4.79 Å². The van der Waals surface area contributed by atoms with E-state index in [4.69, 9.17) is 5.73 Å². The Morgan fingerprint density at radius 3 is 2.64 bits per heavy atom. The highest BCUT2D eigenvalue weighted by Crippen LogP contribution is 2.36. The van der Waals surface area contributed by atoms with Crippen LogP contribution in [0.5, 0.6) is 0 Å². The first-order valence-electron chi connectivity index (χ1n) is 8.95. The minimum atomic E-state index is 0. The van der Waals surface area contributed by atoms with Crippen LogP contribution >= 0.6 is 12.4 Å². The minimum absolute atomic E-state index is 0. The third-order valence-electron chi connectivity index (χ3n) is 4.69. The zero-order chi connectivity index (χ0) is 16.8. The molecule has 134 valence electrons. The van der Waals surface area contributed by atoms with Gasteiger partial charge < -0.3 is 11.1 Å². The van der Waals surface area contributed by atoms with Crippen molar-refractivity contribution in [2.75, 3.05) is 13.1 Å². The number of carbonyl (C=O) groups is 1. The van der Waals surface area contributed by atoms with Crippen molar-refractivity contribution in [1.29, 1.82) is 0 Å². The Hall–Kier alpha value is -1.84. The van der Waals surface area contributed by atoms with Gasteiger partial charge in [-0.1, -0.05) is 42.5 Å². The lowest BCUT2D eigenvalue weighted by Gasteiger charge is -2.07. The Labute approximate surface area is 156 Å². The molecule has 1 amide bonds. The van der Waals surface area contributed by atoms with Crippen LogP contribution in [-0.4, -0.2) is 19.0 Å². The molecule has 0 saturated carbocycles. The standard InChI is InChI=1S/C21H26N2O.ClH/c22-12-3-4-13-23-21(24)9-5-6-16-10-11-18-15-17-7-1-2-8-19(17)20(18)14-16;/h1-2,7-8,10-11,14H,3-6,9,12-13,15,22H2,(H,23,24);1H. The lowest BCUT2D eigenvalue weighted by atomic mass is 10.00. The maximum atomic E-state index is 11.8. The van der Waals surface area contributed by atoms with E-state index in [1.165, 1.54) is 27.8 Å². The quantitative estimate of drug-likeness (QED) is 0.601. The molecule has 1 aliphatic rings. The molecule has 0 saturated heterocycles. The molecule has 0 radical (unpaired) electrons. The number of rotatable bonds is 8. The Bertz CT molecular complexity index is 715. The predicted molar refractivity (Wildman–Crippen MR) is 106 cm³/mol. The van der Waals surface area contributed by atoms with Gasteiger partial charge in [0.15, 0.2) is 0 Å². The van der Waals surface area contributed by atoms with Gasteiger partial charge >= 0.3 is 0 Å². The summed E-state index contributed by atoms with van der Waals surface area (Å²) >= 11 is 0. The van der Waals surface area contributed by atoms with E-state index in [9.17, 15) is 4.79 Å². The van der Waals surface area contributed by atoms with Crippen molar-refractivity contribution >= 4 is 18.3 Å². The van der Waals surface area contributed by atoms with Crippen molar-refractivity contribution in [3.63, 3.8) is 0 Å². The van der Waals surface area contributed by atoms with Gasteiger partial charge in [0.25, 0.3) is 0 Å². The van der Waals surface area contributed by atoms with E-state index in [0.29, 0.717) is 13.0 Å². The summed E-state index contributed by atoms with van der Waals surface area (Å²) in [5.74, 6) is 0.151. The van der Waals surface area contributed by atoms with E-state index in [-0.39, 0.29) is 18.3 Å². The molecule has 0 atom stereocenters. The molecule has 25 heavy (non-hydrogen) atoms. The van der Waals surface area contributed by atoms with Crippen LogP contribution in [0.4, 0.5) is 0 Å². The first-order chi connectivity index (χ1) is 11.8. The first kappa shape index (κ1) is 19.5. The molecular weight excluding hydrogens is 332 g/mol. The van der Waals surface area contributed by atoms with Crippen molar-refractivity contribution in [1.82, 2.24) is 5.32 Å². The molecule has 0 fully saturated rings. The molecule has 0 spiro atoms. The molecule has 3 N–H and O–H groups in total. The fourth-order valence-corrected chi connectivity index (χ4v) is 3.36. The second-order valence-electron chi connectivity index (χ2n) is 6.52. The molecule has 1 aliphatic carbocycles. The molecule has 0 bridgehead atoms. The summed E-state index contributed by atoms with van der Waals surface area (Å²) in [4.78, 5) is 11.8. The lowest BCUT2D eigenvalue weighted by Crippen LogP contribution is -2.24. The molecular formula is C21H27ClN2O. The van der Waals surface area contributed by atoms with Gasteiger partial charge in [0, 0.05) is 13.0 Å². The van der Waals surface area contributed by atoms with Crippen LogP contribution in [-0.2, 0) is 17.6 Å². The van der Waals surface area contributed by atoms with Crippen LogP contribution in [0.25, 0.3) is 11.1 Å². The molecule has 0 heterocycles. The zero-order valence-electron chi connectivity index (χ0n) is 14.6. The van der Waals surface area contributed by atoms with Crippen molar-refractivity contribution < 1.29 is 4.79 Å². The lowest BCUT2D eigenvalue weighted by molar-refractivity contribution is -0.121. The van der Waals surface area contributed by atoms with Crippen LogP contribution < -0.4 is 11.1 Å². The number of carbonyl (C=O) groups excluding carboxylic acids is 1. The third kappa shape index (κ3) is 5.07. The van der Waals surface area contributed by atoms with E-state index in [0.717, 1.165) is 38.6 Å². The molecule has 2 aromatic carbocycles. The van der Waals surface area contributed by atoms with E-state index >= 15 is 0 Å². The minimum Gasteiger partial charge on any atom is -0.356 e. The van der Waals surface area contributed by atoms with Gasteiger partial charge in [-0.25, -0.2) is 0 Å². The number of halogens is 1. The summed E-state index contributed by atoms with van der Waals surface area (Å²) < 4.78 is 0. The normalized spacial score (nSPS) is 11.4. The van der Waals surface area contributed by atoms with Gasteiger partial charge in [0.1, 0.15) is 0 Å². The molecule has 2 aromatic rings. The highest BCUT2D eigenvalue weighted by Gasteiger charge is 2.17. The Balaban J connectivity index is 0.00000225. The number of nitrogens with one attached hydrogen (secondary N) is 1. The van der Waals surface area contributed by atoms with E-state index in [2.05, 4.69) is 47.8 Å². The predicted octanol–water partition coefficient (Wildman–Crippen LogP) is 3.86. The number of hydrogen-bond donors (Lipinski definition) is 2. The largest absolute Gasteiger partial charge is 0.356 e. The number of fused-ring (bicyclic) bond motifs is 3. The number of benzene rings is 2. The van der Waals surface area contributed by atoms with Gasteiger partial charge in [0.05, 0.1) is 0 Å². The maximum absolute atomic E-state index is 11.8. The van der Waals surface area contributed by atoms with Crippen molar-refractivity contribution in [2.24, 2.45) is 5.73 Å². The molecule has 4 heteroatoms. The third-order valence-corrected chi connectivity index (χ3v) is 4.69. The molecule has 0 aromatic heterocycles.